The summed E-state index contributed by atoms with van der Waals surface area (Å²) in [4.78, 5) is 29.1. The number of benzene rings is 1. The van der Waals surface area contributed by atoms with Crippen LogP contribution in [0.5, 0.6) is 0 Å². The largest absolute Gasteiger partial charge is 0.370 e. The van der Waals surface area contributed by atoms with Crippen molar-refractivity contribution >= 4 is 5.91 Å². The van der Waals surface area contributed by atoms with Gasteiger partial charge in [0.05, 0.1) is 0 Å². The van der Waals surface area contributed by atoms with Crippen LogP contribution in [-0.4, -0.2) is 53.2 Å². The van der Waals surface area contributed by atoms with Gasteiger partial charge in [-0.3, -0.25) is 4.79 Å². The van der Waals surface area contributed by atoms with Gasteiger partial charge < -0.3 is 14.3 Å². The average Bonchev–Trinajstić information content (AvgIpc) is 2.89. The summed E-state index contributed by atoms with van der Waals surface area (Å²) >= 11 is 0. The Morgan fingerprint density at radius 3 is 2.39 bits per heavy atom. The fourth-order valence-electron chi connectivity index (χ4n) is 3.01. The van der Waals surface area contributed by atoms with Crippen molar-refractivity contribution in [2.24, 2.45) is 7.05 Å². The maximum absolute atomic E-state index is 12.9. The molecule has 0 spiro atoms. The molecule has 0 N–H and O–H groups in total. The summed E-state index contributed by atoms with van der Waals surface area (Å²) in [6.07, 6.45) is 0. The molecule has 1 aliphatic heterocycles. The molecule has 23 heavy (non-hydrogen) atoms. The van der Waals surface area contributed by atoms with Crippen molar-refractivity contribution in [2.45, 2.75) is 6.92 Å². The lowest BCUT2D eigenvalue weighted by atomic mass is 10.1. The maximum Gasteiger partial charge on any atom is 0.370 e. The van der Waals surface area contributed by atoms with Crippen molar-refractivity contribution in [1.82, 2.24) is 14.5 Å². The second-order valence-corrected chi connectivity index (χ2v) is 5.69. The molecule has 6 heteroatoms. The molecule has 0 bridgehead atoms. The predicted molar refractivity (Wildman–Crippen MR) is 87.4 cm³/mol. The molecule has 2 aromatic rings. The molecule has 1 aromatic carbocycles. The van der Waals surface area contributed by atoms with Gasteiger partial charge in [-0.2, -0.15) is 0 Å². The molecule has 2 heterocycles. The number of piperazine rings is 1. The fourth-order valence-corrected chi connectivity index (χ4v) is 3.01. The summed E-state index contributed by atoms with van der Waals surface area (Å²) in [5, 5.41) is 0. The Morgan fingerprint density at radius 2 is 1.78 bits per heavy atom. The van der Waals surface area contributed by atoms with Crippen LogP contribution in [0.3, 0.4) is 0 Å². The zero-order valence-corrected chi connectivity index (χ0v) is 13.5. The van der Waals surface area contributed by atoms with E-state index in [-0.39, 0.29) is 11.5 Å². The number of carbonyl (C=O) groups excluding carboxylic acids is 1. The second-order valence-electron chi connectivity index (χ2n) is 5.69. The summed E-state index contributed by atoms with van der Waals surface area (Å²) in [6.45, 7) is 6.02. The van der Waals surface area contributed by atoms with E-state index in [1.54, 1.807) is 11.9 Å². The van der Waals surface area contributed by atoms with Crippen molar-refractivity contribution in [2.75, 3.05) is 32.7 Å². The van der Waals surface area contributed by atoms with Crippen molar-refractivity contribution in [1.29, 1.82) is 0 Å². The van der Waals surface area contributed by atoms with Gasteiger partial charge in [-0.05, 0) is 6.54 Å². The van der Waals surface area contributed by atoms with E-state index in [1.165, 1.54) is 4.74 Å². The molecule has 0 unspecified atom stereocenters. The van der Waals surface area contributed by atoms with Crippen LogP contribution in [0.4, 0.5) is 0 Å². The van der Waals surface area contributed by atoms with E-state index in [2.05, 4.69) is 11.8 Å². The highest BCUT2D eigenvalue weighted by Crippen LogP contribution is 2.23. The van der Waals surface area contributed by atoms with Crippen LogP contribution >= 0.6 is 0 Å². The fraction of sp³-hybridized carbons (Fsp3) is 0.412. The molecule has 1 aromatic heterocycles. The van der Waals surface area contributed by atoms with Crippen LogP contribution in [0.25, 0.3) is 11.3 Å². The summed E-state index contributed by atoms with van der Waals surface area (Å²) in [5.41, 5.74) is 0.896. The number of hydrogen-bond donors (Lipinski definition) is 0. The van der Waals surface area contributed by atoms with Gasteiger partial charge in [0.15, 0.2) is 5.56 Å². The predicted octanol–water partition coefficient (Wildman–Crippen LogP) is 1.42. The smallest absolute Gasteiger partial charge is 0.336 e. The second kappa shape index (κ2) is 6.42. The van der Waals surface area contributed by atoms with Crippen LogP contribution < -0.4 is 5.63 Å². The number of hydrogen-bond acceptors (Lipinski definition) is 4. The zero-order valence-electron chi connectivity index (χ0n) is 13.5. The van der Waals surface area contributed by atoms with E-state index < -0.39 is 5.63 Å². The molecule has 1 amide bonds. The first kappa shape index (κ1) is 15.6. The lowest BCUT2D eigenvalue weighted by molar-refractivity contribution is 0.0641. The lowest BCUT2D eigenvalue weighted by Crippen LogP contribution is -2.49. The van der Waals surface area contributed by atoms with E-state index in [1.807, 2.05) is 30.3 Å². The molecule has 1 saturated heterocycles. The van der Waals surface area contributed by atoms with Gasteiger partial charge in [-0.1, -0.05) is 37.3 Å². The SMILES string of the molecule is CCN1CCN(C(=O)c2c(-c3ccccc3)n(C)oc2=O)CC1. The van der Waals surface area contributed by atoms with Crippen molar-refractivity contribution in [3.8, 4) is 11.3 Å². The normalized spacial score (nSPS) is 15.8. The number of aromatic nitrogens is 1. The minimum atomic E-state index is -0.575. The van der Waals surface area contributed by atoms with Crippen LogP contribution in [0, 0.1) is 0 Å². The number of nitrogens with zero attached hydrogens (tertiary/aromatic N) is 3. The number of likely N-dealkylation sites (N-methyl/N-ethyl adjacent to an activating group) is 1. The van der Waals surface area contributed by atoms with Gasteiger partial charge >= 0.3 is 5.63 Å². The molecule has 0 saturated carbocycles. The third-order valence-corrected chi connectivity index (χ3v) is 4.34. The van der Waals surface area contributed by atoms with E-state index in [0.717, 1.165) is 25.2 Å². The van der Waals surface area contributed by atoms with Crippen LogP contribution in [0.2, 0.25) is 0 Å². The van der Waals surface area contributed by atoms with Gasteiger partial charge in [0.2, 0.25) is 0 Å². The maximum atomic E-state index is 12.9. The molecule has 1 fully saturated rings. The first-order valence-electron chi connectivity index (χ1n) is 7.89. The minimum absolute atomic E-state index is 0.128. The first-order valence-corrected chi connectivity index (χ1v) is 7.89. The molecule has 0 radical (unpaired) electrons. The van der Waals surface area contributed by atoms with E-state index >= 15 is 0 Å². The van der Waals surface area contributed by atoms with Crippen LogP contribution in [0.15, 0.2) is 39.6 Å². The number of carbonyl (C=O) groups is 1. The number of rotatable bonds is 3. The molecule has 0 atom stereocenters. The Balaban J connectivity index is 1.94. The van der Waals surface area contributed by atoms with Gasteiger partial charge in [0, 0.05) is 38.8 Å². The van der Waals surface area contributed by atoms with Crippen molar-refractivity contribution < 1.29 is 9.32 Å². The van der Waals surface area contributed by atoms with Gasteiger partial charge in [0.1, 0.15) is 5.69 Å². The molecule has 0 aliphatic carbocycles. The Kier molecular flexibility index (Phi) is 4.34. The monoisotopic (exact) mass is 315 g/mol. The zero-order chi connectivity index (χ0) is 16.4. The van der Waals surface area contributed by atoms with E-state index in [4.69, 9.17) is 4.52 Å². The highest BCUT2D eigenvalue weighted by molar-refractivity contribution is 5.99. The highest BCUT2D eigenvalue weighted by atomic mass is 16.5. The molecule has 122 valence electrons. The quantitative estimate of drug-likeness (QED) is 0.859. The Bertz CT molecular complexity index is 740. The molecular formula is C17H21N3O3. The van der Waals surface area contributed by atoms with Crippen LogP contribution in [0.1, 0.15) is 17.3 Å². The van der Waals surface area contributed by atoms with Gasteiger partial charge in [-0.25, -0.2) is 9.53 Å². The first-order chi connectivity index (χ1) is 11.1. The summed E-state index contributed by atoms with van der Waals surface area (Å²) in [6, 6.07) is 9.39. The molecular weight excluding hydrogens is 294 g/mol. The van der Waals surface area contributed by atoms with Gasteiger partial charge in [0.25, 0.3) is 5.91 Å². The van der Waals surface area contributed by atoms with E-state index in [9.17, 15) is 9.59 Å². The third kappa shape index (κ3) is 2.94. The molecule has 3 rings (SSSR count). The Hall–Kier alpha value is -2.34. The van der Waals surface area contributed by atoms with Crippen molar-refractivity contribution in [3.05, 3.63) is 46.3 Å². The van der Waals surface area contributed by atoms with Crippen molar-refractivity contribution in [3.63, 3.8) is 0 Å². The van der Waals surface area contributed by atoms with E-state index in [0.29, 0.717) is 18.8 Å². The van der Waals surface area contributed by atoms with Crippen LogP contribution in [-0.2, 0) is 7.05 Å². The Labute approximate surface area is 134 Å². The Morgan fingerprint density at radius 1 is 1.13 bits per heavy atom. The average molecular weight is 315 g/mol. The standard InChI is InChI=1S/C17H21N3O3/c1-3-19-9-11-20(12-10-19)16(21)14-15(18(2)23-17(14)22)13-7-5-4-6-8-13/h4-8H,3,9-12H2,1-2H3. The topological polar surface area (TPSA) is 58.7 Å². The molecule has 6 nitrogen and oxygen atoms in total. The summed E-state index contributed by atoms with van der Waals surface area (Å²) in [5.74, 6) is -0.242. The molecule has 1 aliphatic rings. The summed E-state index contributed by atoms with van der Waals surface area (Å²) in [7, 11) is 1.65. The lowest BCUT2D eigenvalue weighted by Gasteiger charge is -2.33. The van der Waals surface area contributed by atoms with Gasteiger partial charge in [-0.15, -0.1) is 0 Å². The summed E-state index contributed by atoms with van der Waals surface area (Å²) < 4.78 is 6.54. The highest BCUT2D eigenvalue weighted by Gasteiger charge is 2.29. The number of aryl methyl sites for hydroxylation is 1. The minimum Gasteiger partial charge on any atom is -0.336 e. The number of amides is 1. The third-order valence-electron chi connectivity index (χ3n) is 4.34.